The molecule has 0 bridgehead atoms. The SMILES string of the molecule is CC(C)(C)OC(O)N1CC(N)CC1C(=O)O. The van der Waals surface area contributed by atoms with E-state index in [2.05, 4.69) is 0 Å². The molecule has 0 aromatic heterocycles. The van der Waals surface area contributed by atoms with Crippen LogP contribution in [0.3, 0.4) is 0 Å². The first kappa shape index (κ1) is 13.4. The van der Waals surface area contributed by atoms with E-state index in [1.165, 1.54) is 4.90 Å². The summed E-state index contributed by atoms with van der Waals surface area (Å²) >= 11 is 0. The Labute approximate surface area is 95.0 Å². The van der Waals surface area contributed by atoms with E-state index in [4.69, 9.17) is 15.6 Å². The van der Waals surface area contributed by atoms with E-state index in [0.29, 0.717) is 13.0 Å². The molecule has 0 aromatic rings. The summed E-state index contributed by atoms with van der Waals surface area (Å²) < 4.78 is 5.31. The number of carbonyl (C=O) groups is 1. The van der Waals surface area contributed by atoms with Crippen LogP contribution in [0.4, 0.5) is 0 Å². The highest BCUT2D eigenvalue weighted by Gasteiger charge is 2.40. The van der Waals surface area contributed by atoms with Gasteiger partial charge >= 0.3 is 5.97 Å². The van der Waals surface area contributed by atoms with Gasteiger partial charge in [-0.3, -0.25) is 4.79 Å². The summed E-state index contributed by atoms with van der Waals surface area (Å²) in [5, 5.41) is 18.8. The van der Waals surface area contributed by atoms with Gasteiger partial charge < -0.3 is 20.7 Å². The lowest BCUT2D eigenvalue weighted by molar-refractivity contribution is -0.243. The minimum atomic E-state index is -1.23. The summed E-state index contributed by atoms with van der Waals surface area (Å²) in [4.78, 5) is 12.3. The highest BCUT2D eigenvalue weighted by molar-refractivity contribution is 5.74. The monoisotopic (exact) mass is 232 g/mol. The van der Waals surface area contributed by atoms with Gasteiger partial charge in [-0.15, -0.1) is 0 Å². The minimum absolute atomic E-state index is 0.237. The molecular weight excluding hydrogens is 212 g/mol. The van der Waals surface area contributed by atoms with E-state index in [1.807, 2.05) is 0 Å². The van der Waals surface area contributed by atoms with Gasteiger partial charge in [0.15, 0.2) is 0 Å². The predicted octanol–water partition coefficient (Wildman–Crippen LogP) is -0.436. The fraction of sp³-hybridized carbons (Fsp3) is 0.900. The van der Waals surface area contributed by atoms with Crippen LogP contribution in [0.25, 0.3) is 0 Å². The Hall–Kier alpha value is -0.690. The van der Waals surface area contributed by atoms with Crippen molar-refractivity contribution in [3.05, 3.63) is 0 Å². The molecule has 0 radical (unpaired) electrons. The van der Waals surface area contributed by atoms with Crippen LogP contribution in [0.2, 0.25) is 0 Å². The standard InChI is InChI=1S/C10H20N2O4/c1-10(2,3)16-9(15)12-5-6(11)4-7(12)8(13)14/h6-7,9,15H,4-5,11H2,1-3H3,(H,13,14). The molecule has 0 saturated carbocycles. The number of aliphatic hydroxyl groups excluding tert-OH is 1. The summed E-state index contributed by atoms with van der Waals surface area (Å²) in [5.74, 6) is -0.982. The van der Waals surface area contributed by atoms with Crippen LogP contribution in [0, 0.1) is 0 Å². The highest BCUT2D eigenvalue weighted by Crippen LogP contribution is 2.22. The largest absolute Gasteiger partial charge is 0.480 e. The van der Waals surface area contributed by atoms with Crippen molar-refractivity contribution in [1.29, 1.82) is 0 Å². The van der Waals surface area contributed by atoms with Crippen molar-refractivity contribution in [1.82, 2.24) is 4.90 Å². The zero-order valence-corrected chi connectivity index (χ0v) is 9.88. The molecule has 3 unspecified atom stereocenters. The van der Waals surface area contributed by atoms with Crippen molar-refractivity contribution in [2.24, 2.45) is 5.73 Å². The average molecular weight is 232 g/mol. The van der Waals surface area contributed by atoms with Crippen molar-refractivity contribution < 1.29 is 19.7 Å². The zero-order valence-electron chi connectivity index (χ0n) is 9.88. The lowest BCUT2D eigenvalue weighted by Gasteiger charge is -2.31. The first-order valence-corrected chi connectivity index (χ1v) is 5.31. The second-order valence-electron chi connectivity index (χ2n) is 5.10. The smallest absolute Gasteiger partial charge is 0.321 e. The van der Waals surface area contributed by atoms with E-state index >= 15 is 0 Å². The summed E-state index contributed by atoms with van der Waals surface area (Å²) in [5.41, 5.74) is 5.15. The second-order valence-corrected chi connectivity index (χ2v) is 5.10. The van der Waals surface area contributed by atoms with Gasteiger partial charge in [0.05, 0.1) is 5.60 Å². The molecule has 6 heteroatoms. The molecule has 1 heterocycles. The number of ether oxygens (including phenoxy) is 1. The van der Waals surface area contributed by atoms with Crippen LogP contribution in [-0.4, -0.2) is 51.7 Å². The summed E-state index contributed by atoms with van der Waals surface area (Å²) in [7, 11) is 0. The first-order valence-electron chi connectivity index (χ1n) is 5.31. The Morgan fingerprint density at radius 3 is 2.56 bits per heavy atom. The number of aliphatic hydroxyl groups is 1. The fourth-order valence-electron chi connectivity index (χ4n) is 1.77. The van der Waals surface area contributed by atoms with Crippen molar-refractivity contribution in [3.8, 4) is 0 Å². The zero-order chi connectivity index (χ0) is 12.5. The average Bonchev–Trinajstić information content (AvgIpc) is 2.44. The third-order valence-electron chi connectivity index (χ3n) is 2.40. The molecule has 0 aromatic carbocycles. The molecule has 0 amide bonds. The Balaban J connectivity index is 2.67. The van der Waals surface area contributed by atoms with Gasteiger partial charge in [0.25, 0.3) is 0 Å². The van der Waals surface area contributed by atoms with Gasteiger partial charge in [0.1, 0.15) is 6.04 Å². The van der Waals surface area contributed by atoms with Crippen molar-refractivity contribution in [2.75, 3.05) is 6.54 Å². The van der Waals surface area contributed by atoms with Crippen LogP contribution in [-0.2, 0) is 9.53 Å². The molecule has 3 atom stereocenters. The van der Waals surface area contributed by atoms with Crippen LogP contribution in [0.5, 0.6) is 0 Å². The summed E-state index contributed by atoms with van der Waals surface area (Å²) in [6, 6.07) is -1.01. The number of likely N-dealkylation sites (tertiary alicyclic amines) is 1. The van der Waals surface area contributed by atoms with Crippen LogP contribution in [0.1, 0.15) is 27.2 Å². The van der Waals surface area contributed by atoms with E-state index in [9.17, 15) is 9.90 Å². The quantitative estimate of drug-likeness (QED) is 0.571. The Morgan fingerprint density at radius 1 is 1.56 bits per heavy atom. The van der Waals surface area contributed by atoms with E-state index in [1.54, 1.807) is 20.8 Å². The topological polar surface area (TPSA) is 96.0 Å². The maximum absolute atomic E-state index is 11.0. The highest BCUT2D eigenvalue weighted by atomic mass is 16.6. The lowest BCUT2D eigenvalue weighted by atomic mass is 10.2. The van der Waals surface area contributed by atoms with Crippen molar-refractivity contribution >= 4 is 5.97 Å². The molecule has 0 spiro atoms. The molecule has 6 nitrogen and oxygen atoms in total. The third kappa shape index (κ3) is 3.41. The van der Waals surface area contributed by atoms with Gasteiger partial charge in [0, 0.05) is 12.6 Å². The molecule has 16 heavy (non-hydrogen) atoms. The van der Waals surface area contributed by atoms with Crippen LogP contribution >= 0.6 is 0 Å². The molecule has 0 aliphatic carbocycles. The van der Waals surface area contributed by atoms with Crippen molar-refractivity contribution in [2.45, 2.75) is 51.3 Å². The number of nitrogens with zero attached hydrogens (tertiary/aromatic N) is 1. The van der Waals surface area contributed by atoms with Gasteiger partial charge in [-0.1, -0.05) is 0 Å². The van der Waals surface area contributed by atoms with Crippen LogP contribution in [0.15, 0.2) is 0 Å². The predicted molar refractivity (Wildman–Crippen MR) is 57.6 cm³/mol. The Bertz CT molecular complexity index is 264. The minimum Gasteiger partial charge on any atom is -0.480 e. The Morgan fingerprint density at radius 2 is 2.12 bits per heavy atom. The summed E-state index contributed by atoms with van der Waals surface area (Å²) in [6.07, 6.45) is -0.894. The molecule has 1 aliphatic heterocycles. The molecule has 94 valence electrons. The maximum atomic E-state index is 11.0. The number of aliphatic carboxylic acids is 1. The fourth-order valence-corrected chi connectivity index (χ4v) is 1.77. The van der Waals surface area contributed by atoms with E-state index in [0.717, 1.165) is 0 Å². The number of hydrogen-bond donors (Lipinski definition) is 3. The number of carboxylic acids is 1. The molecule has 1 aliphatic rings. The Kier molecular flexibility index (Phi) is 3.90. The molecule has 1 rings (SSSR count). The number of hydrogen-bond acceptors (Lipinski definition) is 5. The van der Waals surface area contributed by atoms with Gasteiger partial charge in [-0.05, 0) is 27.2 Å². The van der Waals surface area contributed by atoms with E-state index in [-0.39, 0.29) is 6.04 Å². The number of carboxylic acid groups (broad SMARTS) is 1. The molecular formula is C10H20N2O4. The lowest BCUT2D eigenvalue weighted by Crippen LogP contribution is -2.47. The van der Waals surface area contributed by atoms with Gasteiger partial charge in [-0.25, -0.2) is 4.90 Å². The summed E-state index contributed by atoms with van der Waals surface area (Å²) in [6.45, 7) is 5.71. The number of rotatable bonds is 3. The normalized spacial score (nSPS) is 29.3. The number of nitrogens with two attached hydrogens (primary N) is 1. The maximum Gasteiger partial charge on any atom is 0.321 e. The van der Waals surface area contributed by atoms with Gasteiger partial charge in [0.2, 0.25) is 6.41 Å². The van der Waals surface area contributed by atoms with Crippen molar-refractivity contribution in [3.63, 3.8) is 0 Å². The molecule has 1 fully saturated rings. The third-order valence-corrected chi connectivity index (χ3v) is 2.40. The van der Waals surface area contributed by atoms with Crippen LogP contribution < -0.4 is 5.73 Å². The van der Waals surface area contributed by atoms with E-state index < -0.39 is 24.0 Å². The molecule has 1 saturated heterocycles. The second kappa shape index (κ2) is 4.67. The van der Waals surface area contributed by atoms with Gasteiger partial charge in [-0.2, -0.15) is 0 Å². The first-order chi connectivity index (χ1) is 7.20. The molecule has 4 N–H and O–H groups in total.